The van der Waals surface area contributed by atoms with Crippen molar-refractivity contribution in [3.8, 4) is 11.8 Å². The Balaban J connectivity index is 2.02. The summed E-state index contributed by atoms with van der Waals surface area (Å²) >= 11 is 0. The fourth-order valence-electron chi connectivity index (χ4n) is 1.37. The van der Waals surface area contributed by atoms with Crippen LogP contribution >= 0.6 is 0 Å². The van der Waals surface area contributed by atoms with Gasteiger partial charge in [0.25, 0.3) is 10.2 Å². The predicted molar refractivity (Wildman–Crippen MR) is 66.3 cm³/mol. The summed E-state index contributed by atoms with van der Waals surface area (Å²) in [4.78, 5) is 0. The number of ether oxygens (including phenoxy) is 1. The van der Waals surface area contributed by atoms with Crippen molar-refractivity contribution in [1.29, 1.82) is 5.26 Å². The number of anilines is 1. The molecule has 6 nitrogen and oxygen atoms in total. The summed E-state index contributed by atoms with van der Waals surface area (Å²) in [7, 11) is -3.53. The summed E-state index contributed by atoms with van der Waals surface area (Å²) in [5.41, 5.74) is 0.401. The Morgan fingerprint density at radius 2 is 2.22 bits per heavy atom. The Kier molecular flexibility index (Phi) is 3.69. The van der Waals surface area contributed by atoms with Crippen molar-refractivity contribution in [3.63, 3.8) is 0 Å². The molecule has 0 aromatic heterocycles. The normalized spacial score (nSPS) is 14.8. The molecule has 1 aliphatic carbocycles. The lowest BCUT2D eigenvalue weighted by atomic mass is 10.3. The van der Waals surface area contributed by atoms with Gasteiger partial charge < -0.3 is 4.74 Å². The molecule has 0 saturated heterocycles. The van der Waals surface area contributed by atoms with Crippen LogP contribution in [0.4, 0.5) is 5.69 Å². The summed E-state index contributed by atoms with van der Waals surface area (Å²) in [6, 6.07) is 8.36. The maximum Gasteiger partial charge on any atom is 0.299 e. The van der Waals surface area contributed by atoms with E-state index in [1.165, 1.54) is 6.07 Å². The van der Waals surface area contributed by atoms with Crippen molar-refractivity contribution in [1.82, 2.24) is 4.72 Å². The van der Waals surface area contributed by atoms with E-state index in [4.69, 9.17) is 10.00 Å². The summed E-state index contributed by atoms with van der Waals surface area (Å²) in [5.74, 6) is 0.447. The smallest absolute Gasteiger partial charge is 0.299 e. The first-order chi connectivity index (χ1) is 8.59. The Bertz CT molecular complexity index is 561. The van der Waals surface area contributed by atoms with Crippen LogP contribution in [0, 0.1) is 11.3 Å². The van der Waals surface area contributed by atoms with Gasteiger partial charge in [-0.25, -0.2) is 0 Å². The molecule has 2 rings (SSSR count). The number of nitriles is 1. The first-order valence-corrected chi connectivity index (χ1v) is 6.97. The lowest BCUT2D eigenvalue weighted by Gasteiger charge is -2.09. The third-order valence-corrected chi connectivity index (χ3v) is 3.44. The second kappa shape index (κ2) is 5.25. The van der Waals surface area contributed by atoms with Gasteiger partial charge in [0.1, 0.15) is 11.8 Å². The van der Waals surface area contributed by atoms with E-state index in [1.54, 1.807) is 18.2 Å². The molecule has 1 fully saturated rings. The fourth-order valence-corrected chi connectivity index (χ4v) is 2.54. The van der Waals surface area contributed by atoms with Crippen molar-refractivity contribution in [2.75, 3.05) is 11.3 Å². The molecule has 0 bridgehead atoms. The van der Waals surface area contributed by atoms with Crippen LogP contribution in [0.25, 0.3) is 0 Å². The minimum atomic E-state index is -3.53. The summed E-state index contributed by atoms with van der Waals surface area (Å²) in [5, 5.41) is 8.39. The van der Waals surface area contributed by atoms with Gasteiger partial charge in [-0.2, -0.15) is 18.4 Å². The molecule has 0 heterocycles. The fraction of sp³-hybridized carbons (Fsp3) is 0.364. The highest BCUT2D eigenvalue weighted by Gasteiger charge is 2.26. The highest BCUT2D eigenvalue weighted by molar-refractivity contribution is 7.90. The van der Waals surface area contributed by atoms with Crippen LogP contribution < -0.4 is 14.2 Å². The van der Waals surface area contributed by atoms with E-state index in [2.05, 4.69) is 9.44 Å². The zero-order valence-electron chi connectivity index (χ0n) is 9.59. The second-order valence-corrected chi connectivity index (χ2v) is 5.42. The SMILES string of the molecule is N#CCOc1cccc(NS(=O)(=O)NC2CC2)c1. The Hall–Kier alpha value is -1.78. The standard InChI is InChI=1S/C11H13N3O3S/c12-6-7-17-11-3-1-2-10(8-11)14-18(15,16)13-9-4-5-9/h1-3,8-9,13-14H,4-5,7H2. The lowest BCUT2D eigenvalue weighted by Crippen LogP contribution is -2.31. The predicted octanol–water partition coefficient (Wildman–Crippen LogP) is 0.998. The molecule has 0 unspecified atom stereocenters. The molecule has 1 aliphatic rings. The van der Waals surface area contributed by atoms with Crippen molar-refractivity contribution in [2.45, 2.75) is 18.9 Å². The Morgan fingerprint density at radius 1 is 1.44 bits per heavy atom. The van der Waals surface area contributed by atoms with Gasteiger partial charge in [0.05, 0.1) is 5.69 Å². The quantitative estimate of drug-likeness (QED) is 0.804. The van der Waals surface area contributed by atoms with E-state index in [0.29, 0.717) is 11.4 Å². The van der Waals surface area contributed by atoms with Gasteiger partial charge in [-0.1, -0.05) is 6.07 Å². The molecule has 0 spiro atoms. The Labute approximate surface area is 106 Å². The maximum absolute atomic E-state index is 11.7. The number of nitrogens with zero attached hydrogens (tertiary/aromatic N) is 1. The molecule has 18 heavy (non-hydrogen) atoms. The van der Waals surface area contributed by atoms with Crippen molar-refractivity contribution >= 4 is 15.9 Å². The molecular weight excluding hydrogens is 254 g/mol. The van der Waals surface area contributed by atoms with Gasteiger partial charge in [-0.15, -0.1) is 0 Å². The van der Waals surface area contributed by atoms with Crippen LogP contribution in [-0.2, 0) is 10.2 Å². The van der Waals surface area contributed by atoms with E-state index in [-0.39, 0.29) is 12.6 Å². The van der Waals surface area contributed by atoms with Gasteiger partial charge in [0.15, 0.2) is 6.61 Å². The van der Waals surface area contributed by atoms with Crippen molar-refractivity contribution < 1.29 is 13.2 Å². The highest BCUT2D eigenvalue weighted by Crippen LogP contribution is 2.21. The third kappa shape index (κ3) is 3.91. The molecule has 0 amide bonds. The first-order valence-electron chi connectivity index (χ1n) is 5.49. The zero-order valence-corrected chi connectivity index (χ0v) is 10.4. The van der Waals surface area contributed by atoms with Crippen LogP contribution in [0.1, 0.15) is 12.8 Å². The van der Waals surface area contributed by atoms with Crippen LogP contribution in [0.2, 0.25) is 0 Å². The van der Waals surface area contributed by atoms with Crippen LogP contribution in [0.15, 0.2) is 24.3 Å². The van der Waals surface area contributed by atoms with Gasteiger partial charge in [0, 0.05) is 12.1 Å². The third-order valence-electron chi connectivity index (χ3n) is 2.29. The van der Waals surface area contributed by atoms with E-state index >= 15 is 0 Å². The second-order valence-electron chi connectivity index (χ2n) is 3.97. The molecule has 1 aromatic carbocycles. The van der Waals surface area contributed by atoms with Gasteiger partial charge in [0.2, 0.25) is 0 Å². The average Bonchev–Trinajstić information content (AvgIpc) is 3.09. The molecule has 1 saturated carbocycles. The van der Waals surface area contributed by atoms with Crippen LogP contribution in [-0.4, -0.2) is 21.1 Å². The van der Waals surface area contributed by atoms with Gasteiger partial charge >= 0.3 is 0 Å². The van der Waals surface area contributed by atoms with Crippen molar-refractivity contribution in [3.05, 3.63) is 24.3 Å². The molecular formula is C11H13N3O3S. The van der Waals surface area contributed by atoms with Gasteiger partial charge in [-0.05, 0) is 25.0 Å². The molecule has 0 radical (unpaired) electrons. The van der Waals surface area contributed by atoms with E-state index < -0.39 is 10.2 Å². The minimum Gasteiger partial charge on any atom is -0.479 e. The number of hydrogen-bond donors (Lipinski definition) is 2. The molecule has 0 aliphatic heterocycles. The summed E-state index contributed by atoms with van der Waals surface area (Å²) in [6.07, 6.45) is 1.76. The number of rotatable bonds is 6. The number of nitrogens with one attached hydrogen (secondary N) is 2. The van der Waals surface area contributed by atoms with E-state index in [1.807, 2.05) is 6.07 Å². The molecule has 0 atom stereocenters. The largest absolute Gasteiger partial charge is 0.479 e. The Morgan fingerprint density at radius 3 is 2.89 bits per heavy atom. The number of hydrogen-bond acceptors (Lipinski definition) is 4. The maximum atomic E-state index is 11.7. The summed E-state index contributed by atoms with van der Waals surface area (Å²) < 4.78 is 33.3. The van der Waals surface area contributed by atoms with Crippen molar-refractivity contribution in [2.24, 2.45) is 0 Å². The monoisotopic (exact) mass is 267 g/mol. The molecule has 2 N–H and O–H groups in total. The van der Waals surface area contributed by atoms with Crippen LogP contribution in [0.5, 0.6) is 5.75 Å². The molecule has 96 valence electrons. The minimum absolute atomic E-state index is 0.0560. The molecule has 1 aromatic rings. The van der Waals surface area contributed by atoms with Gasteiger partial charge in [-0.3, -0.25) is 4.72 Å². The first kappa shape index (κ1) is 12.7. The van der Waals surface area contributed by atoms with E-state index in [0.717, 1.165) is 12.8 Å². The zero-order chi connectivity index (χ0) is 13.0. The van der Waals surface area contributed by atoms with E-state index in [9.17, 15) is 8.42 Å². The topological polar surface area (TPSA) is 91.2 Å². The lowest BCUT2D eigenvalue weighted by molar-refractivity contribution is 0.368. The highest BCUT2D eigenvalue weighted by atomic mass is 32.2. The van der Waals surface area contributed by atoms with Crippen LogP contribution in [0.3, 0.4) is 0 Å². The molecule has 7 heteroatoms. The summed E-state index contributed by atoms with van der Waals surface area (Å²) in [6.45, 7) is -0.0729. The number of benzene rings is 1. The average molecular weight is 267 g/mol.